The summed E-state index contributed by atoms with van der Waals surface area (Å²) >= 11 is 0. The molecule has 0 saturated carbocycles. The van der Waals surface area contributed by atoms with Crippen molar-refractivity contribution in [1.82, 2.24) is 18.8 Å². The van der Waals surface area contributed by atoms with Gasteiger partial charge in [0.2, 0.25) is 0 Å². The Labute approximate surface area is 205 Å². The number of nitrogens with zero attached hydrogens (tertiary/aromatic N) is 3. The van der Waals surface area contributed by atoms with E-state index in [-0.39, 0.29) is 0 Å². The molecule has 0 spiro atoms. The molecule has 0 saturated heterocycles. The fraction of sp³-hybridized carbons (Fsp3) is 0.133. The minimum absolute atomic E-state index is 0.979. The molecular formula is C30H22N6. The van der Waals surface area contributed by atoms with Crippen LogP contribution in [0, 0.1) is 0 Å². The van der Waals surface area contributed by atoms with Crippen LogP contribution in [-0.2, 0) is 6.42 Å². The number of hydrogen-bond donors (Lipinski definition) is 3. The van der Waals surface area contributed by atoms with Crippen molar-refractivity contribution < 1.29 is 0 Å². The summed E-state index contributed by atoms with van der Waals surface area (Å²) in [7, 11) is 0. The van der Waals surface area contributed by atoms with E-state index >= 15 is 0 Å². The fourth-order valence-electron chi connectivity index (χ4n) is 7.46. The number of benzene rings is 1. The second kappa shape index (κ2) is 5.79. The third-order valence-electron chi connectivity index (χ3n) is 8.73. The van der Waals surface area contributed by atoms with Gasteiger partial charge in [0.15, 0.2) is 0 Å². The molecule has 6 aromatic heterocycles. The highest BCUT2D eigenvalue weighted by Crippen LogP contribution is 2.56. The molecule has 9 heterocycles. The van der Waals surface area contributed by atoms with Crippen molar-refractivity contribution in [2.75, 3.05) is 23.3 Å². The normalized spacial score (nSPS) is 16.2. The van der Waals surface area contributed by atoms with E-state index in [1.165, 1.54) is 83.2 Å². The summed E-state index contributed by atoms with van der Waals surface area (Å²) in [5.41, 5.74) is 15.5. The molecule has 1 aromatic carbocycles. The van der Waals surface area contributed by atoms with Gasteiger partial charge in [-0.2, -0.15) is 0 Å². The van der Waals surface area contributed by atoms with Gasteiger partial charge in [-0.05, 0) is 49.2 Å². The quantitative estimate of drug-likeness (QED) is 0.223. The first-order chi connectivity index (χ1) is 17.9. The summed E-state index contributed by atoms with van der Waals surface area (Å²) in [5, 5.41) is 7.69. The van der Waals surface area contributed by atoms with Gasteiger partial charge in [0.1, 0.15) is 0 Å². The molecule has 36 heavy (non-hydrogen) atoms. The van der Waals surface area contributed by atoms with E-state index in [0.29, 0.717) is 0 Å². The van der Waals surface area contributed by atoms with Crippen molar-refractivity contribution in [1.29, 1.82) is 0 Å². The van der Waals surface area contributed by atoms with E-state index in [0.717, 1.165) is 25.9 Å². The summed E-state index contributed by atoms with van der Waals surface area (Å²) in [6.45, 7) is 1.98. The van der Waals surface area contributed by atoms with E-state index in [1.807, 2.05) is 0 Å². The zero-order chi connectivity index (χ0) is 23.1. The number of aromatic nitrogens is 4. The van der Waals surface area contributed by atoms with E-state index in [4.69, 9.17) is 0 Å². The summed E-state index contributed by atoms with van der Waals surface area (Å²) < 4.78 is 4.86. The molecule has 0 bridgehead atoms. The average Bonchev–Trinajstić information content (AvgIpc) is 3.73. The van der Waals surface area contributed by atoms with Crippen LogP contribution >= 0.6 is 0 Å². The fourth-order valence-corrected chi connectivity index (χ4v) is 7.46. The molecule has 3 aliphatic heterocycles. The Morgan fingerprint density at radius 2 is 1.69 bits per heavy atom. The largest absolute Gasteiger partial charge is 0.384 e. The number of aromatic amines is 2. The molecule has 6 nitrogen and oxygen atoms in total. The molecule has 0 fully saturated rings. The Balaban J connectivity index is 1.63. The van der Waals surface area contributed by atoms with Gasteiger partial charge in [-0.1, -0.05) is 6.08 Å². The number of nitrogens with one attached hydrogen (secondary N) is 3. The van der Waals surface area contributed by atoms with E-state index in [9.17, 15) is 0 Å². The van der Waals surface area contributed by atoms with E-state index in [2.05, 4.69) is 96.2 Å². The minimum Gasteiger partial charge on any atom is -0.384 e. The molecular weight excluding hydrogens is 444 g/mol. The first kappa shape index (κ1) is 17.8. The van der Waals surface area contributed by atoms with Crippen molar-refractivity contribution in [2.24, 2.45) is 0 Å². The van der Waals surface area contributed by atoms with Crippen molar-refractivity contribution in [3.63, 3.8) is 0 Å². The van der Waals surface area contributed by atoms with Crippen molar-refractivity contribution >= 4 is 60.8 Å². The lowest BCUT2D eigenvalue weighted by molar-refractivity contribution is 1.01. The highest BCUT2D eigenvalue weighted by atomic mass is 15.2. The van der Waals surface area contributed by atoms with Crippen LogP contribution in [0.15, 0.2) is 67.3 Å². The predicted molar refractivity (Wildman–Crippen MR) is 147 cm³/mol. The van der Waals surface area contributed by atoms with Crippen molar-refractivity contribution in [3.05, 3.63) is 78.4 Å². The van der Waals surface area contributed by atoms with Gasteiger partial charge in [0.25, 0.3) is 0 Å². The Hall–Kier alpha value is -4.58. The Bertz CT molecular complexity index is 2140. The van der Waals surface area contributed by atoms with Crippen LogP contribution in [0.3, 0.4) is 0 Å². The molecule has 0 atom stereocenters. The van der Waals surface area contributed by atoms with Gasteiger partial charge in [0.05, 0.1) is 44.7 Å². The first-order valence-electron chi connectivity index (χ1n) is 12.8. The topological polar surface area (TPSA) is 55.7 Å². The van der Waals surface area contributed by atoms with Gasteiger partial charge in [-0.25, -0.2) is 0 Å². The number of anilines is 2. The van der Waals surface area contributed by atoms with Gasteiger partial charge < -0.3 is 29.0 Å². The predicted octanol–water partition coefficient (Wildman–Crippen LogP) is 6.51. The van der Waals surface area contributed by atoms with Gasteiger partial charge in [-0.15, -0.1) is 0 Å². The molecule has 0 aliphatic carbocycles. The number of rotatable bonds is 0. The van der Waals surface area contributed by atoms with Crippen LogP contribution in [0.1, 0.15) is 17.5 Å². The lowest BCUT2D eigenvalue weighted by Crippen LogP contribution is -2.23. The van der Waals surface area contributed by atoms with Crippen LogP contribution in [0.25, 0.3) is 60.7 Å². The maximum absolute atomic E-state index is 3.82. The van der Waals surface area contributed by atoms with E-state index < -0.39 is 0 Å². The molecule has 3 aliphatic rings. The maximum Gasteiger partial charge on any atom is 0.0685 e. The molecule has 172 valence electrons. The number of H-pyrrole nitrogens is 2. The molecule has 0 amide bonds. The molecule has 0 radical (unpaired) electrons. The number of fused-ring (bicyclic) bond motifs is 21. The van der Waals surface area contributed by atoms with Crippen LogP contribution in [0.5, 0.6) is 0 Å². The Morgan fingerprint density at radius 3 is 2.64 bits per heavy atom. The van der Waals surface area contributed by atoms with Crippen molar-refractivity contribution in [3.8, 4) is 11.3 Å². The maximum atomic E-state index is 3.82. The summed E-state index contributed by atoms with van der Waals surface area (Å²) in [6.07, 6.45) is 13.2. The average molecular weight is 467 g/mol. The number of pyridine rings is 2. The standard InChI is InChI=1S/C30H22N6/c1-4-19-16-7-10-31-25(16)22-28(34(19)13-1)23-26-17(8-11-32-26)20-5-2-15-36(20)30(23)24-27-18(9-12-33-27)21-6-3-14-35(21)29(22)24/h1-2,4-6,8-9,11-13,15,31-33H,3,7,10,14H2. The minimum atomic E-state index is 0.979. The highest BCUT2D eigenvalue weighted by Gasteiger charge is 2.37. The van der Waals surface area contributed by atoms with E-state index in [1.54, 1.807) is 0 Å². The lowest BCUT2D eigenvalue weighted by atomic mass is 9.90. The molecule has 0 unspecified atom stereocenters. The van der Waals surface area contributed by atoms with Crippen LogP contribution < -0.4 is 10.2 Å². The summed E-state index contributed by atoms with van der Waals surface area (Å²) in [6, 6.07) is 13.4. The third-order valence-corrected chi connectivity index (χ3v) is 8.73. The Morgan fingerprint density at radius 1 is 0.833 bits per heavy atom. The molecule has 6 heteroatoms. The van der Waals surface area contributed by atoms with Crippen LogP contribution in [0.4, 0.5) is 11.4 Å². The summed E-state index contributed by atoms with van der Waals surface area (Å²) in [5.74, 6) is 0. The first-order valence-corrected chi connectivity index (χ1v) is 12.8. The molecule has 3 N–H and O–H groups in total. The lowest BCUT2D eigenvalue weighted by Gasteiger charge is -2.34. The Kier molecular flexibility index (Phi) is 2.86. The van der Waals surface area contributed by atoms with Gasteiger partial charge in [-0.3, -0.25) is 0 Å². The second-order valence-electron chi connectivity index (χ2n) is 10.3. The highest BCUT2D eigenvalue weighted by molar-refractivity contribution is 6.32. The number of hydrogen-bond acceptors (Lipinski definition) is 2. The van der Waals surface area contributed by atoms with Crippen molar-refractivity contribution in [2.45, 2.75) is 12.8 Å². The SMILES string of the molecule is C1=C2c3cc[nH]c3-c3c(c4c5c(c6cccn6c4c4c6[nH]ccc6c6cccn6c34)CCN5)N2CC1. The molecule has 10 rings (SSSR count). The third kappa shape index (κ3) is 1.78. The van der Waals surface area contributed by atoms with Gasteiger partial charge >= 0.3 is 0 Å². The zero-order valence-corrected chi connectivity index (χ0v) is 19.5. The molecule has 7 aromatic rings. The second-order valence-corrected chi connectivity index (χ2v) is 10.3. The summed E-state index contributed by atoms with van der Waals surface area (Å²) in [4.78, 5) is 9.89. The van der Waals surface area contributed by atoms with Gasteiger partial charge in [0, 0.05) is 76.4 Å². The van der Waals surface area contributed by atoms with Crippen LogP contribution in [-0.4, -0.2) is 31.9 Å². The zero-order valence-electron chi connectivity index (χ0n) is 19.5. The monoisotopic (exact) mass is 466 g/mol. The van der Waals surface area contributed by atoms with Crippen LogP contribution in [0.2, 0.25) is 0 Å². The smallest absolute Gasteiger partial charge is 0.0685 e.